The minimum Gasteiger partial charge on any atom is -0.462 e. The van der Waals surface area contributed by atoms with Gasteiger partial charge < -0.3 is 19.3 Å². The highest BCUT2D eigenvalue weighted by Gasteiger charge is 2.22. The fourth-order valence-corrected chi connectivity index (χ4v) is 7.56. The number of phosphoric ester groups is 1. The van der Waals surface area contributed by atoms with Gasteiger partial charge in [-0.25, -0.2) is 4.57 Å². The van der Waals surface area contributed by atoms with Crippen LogP contribution in [0.5, 0.6) is 0 Å². The van der Waals surface area contributed by atoms with E-state index in [-0.39, 0.29) is 19.4 Å². The van der Waals surface area contributed by atoms with Crippen LogP contribution in [0.1, 0.15) is 245 Å². The molecule has 0 bridgehead atoms. The van der Waals surface area contributed by atoms with Crippen molar-refractivity contribution in [1.82, 2.24) is 0 Å². The van der Waals surface area contributed by atoms with Gasteiger partial charge in [-0.1, -0.05) is 222 Å². The van der Waals surface area contributed by atoms with Crippen molar-refractivity contribution in [3.05, 3.63) is 60.8 Å². The zero-order chi connectivity index (χ0) is 45.3. The molecular weight excluding hydrogens is 796 g/mol. The van der Waals surface area contributed by atoms with E-state index in [0.717, 1.165) is 38.5 Å². The van der Waals surface area contributed by atoms with E-state index in [9.17, 15) is 14.2 Å². The van der Waals surface area contributed by atoms with Crippen LogP contribution in [0.2, 0.25) is 0 Å². The molecule has 0 aliphatic rings. The van der Waals surface area contributed by atoms with E-state index in [1.807, 2.05) is 6.08 Å². The first-order chi connectivity index (χ1) is 30.3. The SMILES string of the molecule is CCCCCCCCC/C=C/C/C=C/C/C=C/C/C=C/CCCC(=O)OC[C@H](COP(=O)(O)O)OC(=O)CCC/C=C/CCCCCCCCCCCCCCCCCCCC. The summed E-state index contributed by atoms with van der Waals surface area (Å²) >= 11 is 0. The van der Waals surface area contributed by atoms with Gasteiger partial charge in [0.15, 0.2) is 6.10 Å². The number of ether oxygens (including phenoxy) is 2. The van der Waals surface area contributed by atoms with E-state index in [1.165, 1.54) is 167 Å². The summed E-state index contributed by atoms with van der Waals surface area (Å²) in [5.74, 6) is -0.983. The Hall–Kier alpha value is -2.25. The molecule has 360 valence electrons. The monoisotopic (exact) mass is 891 g/mol. The molecule has 0 radical (unpaired) electrons. The maximum absolute atomic E-state index is 12.5. The van der Waals surface area contributed by atoms with E-state index in [4.69, 9.17) is 19.3 Å². The Bertz CT molecular complexity index is 1190. The summed E-state index contributed by atoms with van der Waals surface area (Å²) in [6, 6.07) is 0. The van der Waals surface area contributed by atoms with Crippen molar-refractivity contribution < 1.29 is 37.9 Å². The molecule has 1 atom stereocenters. The summed E-state index contributed by atoms with van der Waals surface area (Å²) in [4.78, 5) is 43.0. The lowest BCUT2D eigenvalue weighted by Crippen LogP contribution is -2.29. The van der Waals surface area contributed by atoms with E-state index in [2.05, 4.69) is 73.1 Å². The molecule has 0 aliphatic carbocycles. The van der Waals surface area contributed by atoms with Crippen LogP contribution in [0, 0.1) is 0 Å². The molecular formula is C53H95O8P. The Morgan fingerprint density at radius 3 is 1.10 bits per heavy atom. The number of carbonyl (C=O) groups is 2. The smallest absolute Gasteiger partial charge is 0.462 e. The molecule has 0 aromatic rings. The lowest BCUT2D eigenvalue weighted by Gasteiger charge is -2.18. The zero-order valence-corrected chi connectivity index (χ0v) is 40.9. The average Bonchev–Trinajstić information content (AvgIpc) is 3.25. The molecule has 0 heterocycles. The predicted molar refractivity (Wildman–Crippen MR) is 262 cm³/mol. The lowest BCUT2D eigenvalue weighted by atomic mass is 10.0. The number of esters is 2. The van der Waals surface area contributed by atoms with Crippen molar-refractivity contribution in [3.8, 4) is 0 Å². The molecule has 0 aromatic carbocycles. The van der Waals surface area contributed by atoms with Crippen LogP contribution in [0.4, 0.5) is 0 Å². The summed E-state index contributed by atoms with van der Waals surface area (Å²) in [7, 11) is -4.78. The van der Waals surface area contributed by atoms with Gasteiger partial charge in [0.25, 0.3) is 0 Å². The van der Waals surface area contributed by atoms with Crippen LogP contribution < -0.4 is 0 Å². The highest BCUT2D eigenvalue weighted by molar-refractivity contribution is 7.46. The van der Waals surface area contributed by atoms with Crippen LogP contribution in [0.25, 0.3) is 0 Å². The van der Waals surface area contributed by atoms with Crippen molar-refractivity contribution in [2.45, 2.75) is 251 Å². The third kappa shape index (κ3) is 50.4. The highest BCUT2D eigenvalue weighted by atomic mass is 31.2. The largest absolute Gasteiger partial charge is 0.469 e. The van der Waals surface area contributed by atoms with Crippen LogP contribution in [-0.4, -0.2) is 41.0 Å². The van der Waals surface area contributed by atoms with Gasteiger partial charge in [-0.05, 0) is 70.6 Å². The molecule has 0 rings (SSSR count). The van der Waals surface area contributed by atoms with Gasteiger partial charge in [0, 0.05) is 12.8 Å². The average molecular weight is 891 g/mol. The second kappa shape index (κ2) is 48.2. The summed E-state index contributed by atoms with van der Waals surface area (Å²) < 4.78 is 26.4. The topological polar surface area (TPSA) is 119 Å². The zero-order valence-electron chi connectivity index (χ0n) is 40.0. The fraction of sp³-hybridized carbons (Fsp3) is 0.774. The summed E-state index contributed by atoms with van der Waals surface area (Å²) in [6.07, 6.45) is 62.6. The number of phosphoric acid groups is 1. The molecule has 0 aliphatic heterocycles. The maximum Gasteiger partial charge on any atom is 0.469 e. The summed E-state index contributed by atoms with van der Waals surface area (Å²) in [5, 5.41) is 0. The van der Waals surface area contributed by atoms with Gasteiger partial charge in [-0.15, -0.1) is 0 Å². The Kier molecular flexibility index (Phi) is 46.5. The van der Waals surface area contributed by atoms with Gasteiger partial charge in [0.1, 0.15) is 6.61 Å². The van der Waals surface area contributed by atoms with Gasteiger partial charge >= 0.3 is 19.8 Å². The van der Waals surface area contributed by atoms with Crippen molar-refractivity contribution in [2.75, 3.05) is 13.2 Å². The minimum atomic E-state index is -4.78. The minimum absolute atomic E-state index is 0.152. The predicted octanol–water partition coefficient (Wildman–Crippen LogP) is 16.4. The molecule has 9 heteroatoms. The quantitative estimate of drug-likeness (QED) is 0.0268. The summed E-state index contributed by atoms with van der Waals surface area (Å²) in [6.45, 7) is 3.65. The molecule has 62 heavy (non-hydrogen) atoms. The van der Waals surface area contributed by atoms with Crippen molar-refractivity contribution in [1.29, 1.82) is 0 Å². The van der Waals surface area contributed by atoms with Crippen molar-refractivity contribution >= 4 is 19.8 Å². The van der Waals surface area contributed by atoms with Gasteiger partial charge in [-0.3, -0.25) is 14.1 Å². The second-order valence-corrected chi connectivity index (χ2v) is 18.4. The van der Waals surface area contributed by atoms with E-state index >= 15 is 0 Å². The number of rotatable bonds is 47. The van der Waals surface area contributed by atoms with Crippen LogP contribution >= 0.6 is 7.82 Å². The molecule has 2 N–H and O–H groups in total. The summed E-state index contributed by atoms with van der Waals surface area (Å²) in [5.41, 5.74) is 0. The number of allylic oxidation sites excluding steroid dienone is 10. The van der Waals surface area contributed by atoms with Crippen molar-refractivity contribution in [2.24, 2.45) is 0 Å². The normalized spacial score (nSPS) is 12.9. The number of unbranched alkanes of at least 4 members (excludes halogenated alkanes) is 27. The lowest BCUT2D eigenvalue weighted by molar-refractivity contribution is -0.161. The standard InChI is InChI=1S/C53H95O8P/c1-3-5-7-9-11-13-15-17-19-21-23-25-26-28-30-32-34-36-38-40-42-44-46-48-53(55)61-51(50-60-62(56,57)58)49-59-52(54)47-45-43-41-39-37-35-33-31-29-27-24-22-20-18-16-14-12-10-8-6-4-2/h20,22,27,29,33,35,39-42,51H,3-19,21,23-26,28,30-32,34,36-38,43-50H2,1-2H3,(H2,56,57,58)/b22-20+,29-27+,35-33+,41-39+,42-40+/t51-/m1/s1. The van der Waals surface area contributed by atoms with Gasteiger partial charge in [0.2, 0.25) is 0 Å². The molecule has 0 aromatic heterocycles. The Labute approximate surface area is 381 Å². The number of hydrogen-bond donors (Lipinski definition) is 2. The second-order valence-electron chi connectivity index (χ2n) is 17.1. The third-order valence-corrected chi connectivity index (χ3v) is 11.5. The van der Waals surface area contributed by atoms with Gasteiger partial charge in [0.05, 0.1) is 6.61 Å². The first-order valence-electron chi connectivity index (χ1n) is 25.6. The molecule has 0 unspecified atom stereocenters. The van der Waals surface area contributed by atoms with E-state index in [1.54, 1.807) is 0 Å². The molecule has 0 saturated heterocycles. The van der Waals surface area contributed by atoms with E-state index < -0.39 is 32.5 Å². The first-order valence-corrected chi connectivity index (χ1v) is 27.1. The molecule has 8 nitrogen and oxygen atoms in total. The fourth-order valence-electron chi connectivity index (χ4n) is 7.20. The Morgan fingerprint density at radius 1 is 0.419 bits per heavy atom. The Balaban J connectivity index is 3.93. The van der Waals surface area contributed by atoms with Crippen LogP contribution in [-0.2, 0) is 28.2 Å². The highest BCUT2D eigenvalue weighted by Crippen LogP contribution is 2.36. The third-order valence-electron chi connectivity index (χ3n) is 11.0. The van der Waals surface area contributed by atoms with Crippen LogP contribution in [0.15, 0.2) is 60.8 Å². The van der Waals surface area contributed by atoms with Crippen molar-refractivity contribution in [3.63, 3.8) is 0 Å². The Morgan fingerprint density at radius 2 is 0.726 bits per heavy atom. The number of hydrogen-bond acceptors (Lipinski definition) is 6. The van der Waals surface area contributed by atoms with Gasteiger partial charge in [-0.2, -0.15) is 0 Å². The van der Waals surface area contributed by atoms with E-state index in [0.29, 0.717) is 12.8 Å². The first kappa shape index (κ1) is 59.8. The molecule has 0 saturated carbocycles. The number of carbonyl (C=O) groups excluding carboxylic acids is 2. The molecule has 0 amide bonds. The molecule has 0 fully saturated rings. The van der Waals surface area contributed by atoms with Crippen LogP contribution in [0.3, 0.4) is 0 Å². The molecule has 0 spiro atoms. The maximum atomic E-state index is 12.5.